The molecule has 2 rings (SSSR count). The minimum Gasteiger partial charge on any atom is -0.482 e. The molecule has 0 fully saturated rings. The number of hydrogen-bond donors (Lipinski definition) is 1. The summed E-state index contributed by atoms with van der Waals surface area (Å²) in [5, 5.41) is 0. The molecular formula is C12H16N2O2S. The Labute approximate surface area is 105 Å². The van der Waals surface area contributed by atoms with E-state index >= 15 is 0 Å². The number of nitrogens with two attached hydrogens (primary N) is 1. The molecule has 0 saturated heterocycles. The van der Waals surface area contributed by atoms with Gasteiger partial charge in [0.25, 0.3) is 5.91 Å². The topological polar surface area (TPSA) is 55.6 Å². The van der Waals surface area contributed by atoms with E-state index < -0.39 is 0 Å². The molecule has 4 nitrogen and oxygen atoms in total. The summed E-state index contributed by atoms with van der Waals surface area (Å²) in [5.74, 6) is 1.79. The van der Waals surface area contributed by atoms with Crippen molar-refractivity contribution in [2.45, 2.75) is 6.42 Å². The van der Waals surface area contributed by atoms with E-state index in [1.54, 1.807) is 28.8 Å². The van der Waals surface area contributed by atoms with E-state index in [9.17, 15) is 4.79 Å². The van der Waals surface area contributed by atoms with Crippen LogP contribution in [0, 0.1) is 0 Å². The highest BCUT2D eigenvalue weighted by molar-refractivity contribution is 7.98. The number of fused-ring (bicyclic) bond motifs is 1. The van der Waals surface area contributed by atoms with Crippen molar-refractivity contribution in [3.05, 3.63) is 18.2 Å². The predicted octanol–water partition coefficient (Wildman–Crippen LogP) is 1.75. The van der Waals surface area contributed by atoms with Crippen LogP contribution in [-0.4, -0.2) is 31.1 Å². The van der Waals surface area contributed by atoms with Crippen LogP contribution in [0.25, 0.3) is 0 Å². The number of anilines is 2. The van der Waals surface area contributed by atoms with E-state index in [2.05, 4.69) is 6.26 Å². The minimum absolute atomic E-state index is 0.00389. The highest BCUT2D eigenvalue weighted by Crippen LogP contribution is 2.33. The lowest BCUT2D eigenvalue weighted by Crippen LogP contribution is -2.39. The molecule has 0 saturated carbocycles. The number of nitrogen functional groups attached to an aromatic ring is 1. The number of rotatable bonds is 4. The van der Waals surface area contributed by atoms with E-state index in [-0.39, 0.29) is 12.5 Å². The monoisotopic (exact) mass is 252 g/mol. The molecule has 0 bridgehead atoms. The van der Waals surface area contributed by atoms with Crippen molar-refractivity contribution in [3.8, 4) is 5.75 Å². The number of amides is 1. The highest BCUT2D eigenvalue weighted by Gasteiger charge is 2.24. The number of thioether (sulfide) groups is 1. The summed E-state index contributed by atoms with van der Waals surface area (Å²) >= 11 is 1.78. The maximum atomic E-state index is 11.8. The Bertz CT molecular complexity index is 423. The van der Waals surface area contributed by atoms with Crippen LogP contribution in [0.4, 0.5) is 11.4 Å². The molecular weight excluding hydrogens is 236 g/mol. The van der Waals surface area contributed by atoms with Crippen LogP contribution in [0.5, 0.6) is 5.75 Å². The van der Waals surface area contributed by atoms with Gasteiger partial charge in [-0.3, -0.25) is 4.79 Å². The first-order chi connectivity index (χ1) is 8.22. The van der Waals surface area contributed by atoms with Gasteiger partial charge in [0.2, 0.25) is 0 Å². The molecule has 0 aromatic heterocycles. The Morgan fingerprint density at radius 3 is 3.12 bits per heavy atom. The standard InChI is InChI=1S/C12H16N2O2S/c1-17-6-2-5-14-10-7-9(13)3-4-11(10)16-8-12(14)15/h3-4,7H,2,5-6,8,13H2,1H3. The fourth-order valence-electron chi connectivity index (χ4n) is 1.83. The molecule has 0 spiro atoms. The molecule has 92 valence electrons. The lowest BCUT2D eigenvalue weighted by atomic mass is 10.2. The Balaban J connectivity index is 2.20. The maximum absolute atomic E-state index is 11.8. The van der Waals surface area contributed by atoms with E-state index in [1.807, 2.05) is 6.07 Å². The van der Waals surface area contributed by atoms with Crippen molar-refractivity contribution in [2.75, 3.05) is 35.8 Å². The third-order valence-electron chi connectivity index (χ3n) is 2.66. The van der Waals surface area contributed by atoms with Gasteiger partial charge < -0.3 is 15.4 Å². The van der Waals surface area contributed by atoms with Gasteiger partial charge in [-0.25, -0.2) is 0 Å². The first kappa shape index (κ1) is 12.1. The fraction of sp³-hybridized carbons (Fsp3) is 0.417. The first-order valence-electron chi connectivity index (χ1n) is 5.54. The number of carbonyl (C=O) groups excluding carboxylic acids is 1. The Kier molecular flexibility index (Phi) is 3.78. The second-order valence-electron chi connectivity index (χ2n) is 3.91. The van der Waals surface area contributed by atoms with Gasteiger partial charge in [-0.15, -0.1) is 0 Å². The molecule has 0 atom stereocenters. The molecule has 1 aromatic rings. The maximum Gasteiger partial charge on any atom is 0.265 e. The Morgan fingerprint density at radius 1 is 1.53 bits per heavy atom. The number of benzene rings is 1. The summed E-state index contributed by atoms with van der Waals surface area (Å²) in [7, 11) is 0. The zero-order valence-electron chi connectivity index (χ0n) is 9.81. The van der Waals surface area contributed by atoms with Gasteiger partial charge in [0.15, 0.2) is 6.61 Å². The van der Waals surface area contributed by atoms with Crippen molar-refractivity contribution in [3.63, 3.8) is 0 Å². The molecule has 1 heterocycles. The number of hydrogen-bond acceptors (Lipinski definition) is 4. The van der Waals surface area contributed by atoms with Crippen LogP contribution in [-0.2, 0) is 4.79 Å². The van der Waals surface area contributed by atoms with E-state index in [4.69, 9.17) is 10.5 Å². The molecule has 5 heteroatoms. The third kappa shape index (κ3) is 2.66. The summed E-state index contributed by atoms with van der Waals surface area (Å²) in [6.45, 7) is 0.843. The first-order valence-corrected chi connectivity index (χ1v) is 6.93. The average Bonchev–Trinajstić information content (AvgIpc) is 2.32. The second-order valence-corrected chi connectivity index (χ2v) is 4.89. The van der Waals surface area contributed by atoms with Crippen LogP contribution >= 0.6 is 11.8 Å². The predicted molar refractivity (Wildman–Crippen MR) is 71.7 cm³/mol. The molecule has 1 amide bonds. The van der Waals surface area contributed by atoms with Gasteiger partial charge >= 0.3 is 0 Å². The van der Waals surface area contributed by atoms with E-state index in [1.165, 1.54) is 0 Å². The van der Waals surface area contributed by atoms with Gasteiger partial charge in [-0.05, 0) is 36.6 Å². The quantitative estimate of drug-likeness (QED) is 0.655. The van der Waals surface area contributed by atoms with Gasteiger partial charge in [0.05, 0.1) is 5.69 Å². The van der Waals surface area contributed by atoms with Crippen LogP contribution in [0.2, 0.25) is 0 Å². The van der Waals surface area contributed by atoms with Crippen molar-refractivity contribution >= 4 is 29.0 Å². The lowest BCUT2D eigenvalue weighted by Gasteiger charge is -2.29. The molecule has 2 N–H and O–H groups in total. The average molecular weight is 252 g/mol. The van der Waals surface area contributed by atoms with Crippen molar-refractivity contribution < 1.29 is 9.53 Å². The van der Waals surface area contributed by atoms with E-state index in [0.29, 0.717) is 5.69 Å². The number of carbonyl (C=O) groups is 1. The van der Waals surface area contributed by atoms with Crippen molar-refractivity contribution in [1.82, 2.24) is 0 Å². The number of ether oxygens (including phenoxy) is 1. The molecule has 17 heavy (non-hydrogen) atoms. The minimum atomic E-state index is 0.00389. The Hall–Kier alpha value is -1.36. The van der Waals surface area contributed by atoms with Crippen LogP contribution in [0.1, 0.15) is 6.42 Å². The van der Waals surface area contributed by atoms with Crippen LogP contribution in [0.15, 0.2) is 18.2 Å². The summed E-state index contributed by atoms with van der Waals surface area (Å²) in [6.07, 6.45) is 3.04. The van der Waals surface area contributed by atoms with Crippen LogP contribution in [0.3, 0.4) is 0 Å². The molecule has 1 aromatic carbocycles. The molecule has 0 unspecified atom stereocenters. The Morgan fingerprint density at radius 2 is 2.35 bits per heavy atom. The highest BCUT2D eigenvalue weighted by atomic mass is 32.2. The molecule has 0 aliphatic carbocycles. The lowest BCUT2D eigenvalue weighted by molar-refractivity contribution is -0.121. The van der Waals surface area contributed by atoms with Gasteiger partial charge in [-0.1, -0.05) is 0 Å². The van der Waals surface area contributed by atoms with Crippen LogP contribution < -0.4 is 15.4 Å². The van der Waals surface area contributed by atoms with E-state index in [0.717, 1.165) is 30.2 Å². The molecule has 1 aliphatic rings. The largest absolute Gasteiger partial charge is 0.482 e. The van der Waals surface area contributed by atoms with Gasteiger partial charge in [-0.2, -0.15) is 11.8 Å². The summed E-state index contributed by atoms with van der Waals surface area (Å²) in [6, 6.07) is 5.40. The number of nitrogens with zero attached hydrogens (tertiary/aromatic N) is 1. The molecule has 0 radical (unpaired) electrons. The zero-order chi connectivity index (χ0) is 12.3. The third-order valence-corrected chi connectivity index (χ3v) is 3.35. The fourth-order valence-corrected chi connectivity index (χ4v) is 2.25. The zero-order valence-corrected chi connectivity index (χ0v) is 10.6. The van der Waals surface area contributed by atoms with Crippen molar-refractivity contribution in [1.29, 1.82) is 0 Å². The molecule has 1 aliphatic heterocycles. The van der Waals surface area contributed by atoms with Gasteiger partial charge in [0.1, 0.15) is 5.75 Å². The second kappa shape index (κ2) is 5.31. The SMILES string of the molecule is CSCCCN1C(=O)COc2ccc(N)cc21. The normalized spacial score (nSPS) is 14.4. The summed E-state index contributed by atoms with van der Waals surface area (Å²) in [5.41, 5.74) is 7.19. The van der Waals surface area contributed by atoms with Crippen molar-refractivity contribution in [2.24, 2.45) is 0 Å². The van der Waals surface area contributed by atoms with Gasteiger partial charge in [0, 0.05) is 12.2 Å². The summed E-state index contributed by atoms with van der Waals surface area (Å²) < 4.78 is 5.38. The summed E-state index contributed by atoms with van der Waals surface area (Å²) in [4.78, 5) is 13.6. The smallest absolute Gasteiger partial charge is 0.265 e.